The van der Waals surface area contributed by atoms with Crippen molar-refractivity contribution in [2.24, 2.45) is 5.92 Å². The van der Waals surface area contributed by atoms with E-state index in [2.05, 4.69) is 5.92 Å². The molecule has 0 N–H and O–H groups in total. The molecule has 1 saturated heterocycles. The number of carbonyl (C=O) groups is 1. The summed E-state index contributed by atoms with van der Waals surface area (Å²) in [5, 5.41) is -0.110. The molecular weight excluding hydrogens is 279 g/mol. The zero-order valence-electron chi connectivity index (χ0n) is 9.67. The Labute approximate surface area is 113 Å². The highest BCUT2D eigenvalue weighted by Crippen LogP contribution is 2.36. The van der Waals surface area contributed by atoms with Gasteiger partial charge in [-0.2, -0.15) is 13.2 Å². The molecule has 1 atom stereocenters. The van der Waals surface area contributed by atoms with Crippen LogP contribution in [-0.4, -0.2) is 12.5 Å². The summed E-state index contributed by atoms with van der Waals surface area (Å²) in [6.07, 6.45) is 0.974. The number of rotatable bonds is 1. The molecule has 1 aromatic carbocycles. The lowest BCUT2D eigenvalue weighted by atomic mass is 10.1. The number of anilines is 1. The summed E-state index contributed by atoms with van der Waals surface area (Å²) >= 11 is 5.83. The van der Waals surface area contributed by atoms with Gasteiger partial charge in [0, 0.05) is 18.9 Å². The Morgan fingerprint density at radius 2 is 2.11 bits per heavy atom. The van der Waals surface area contributed by atoms with Crippen LogP contribution in [0.1, 0.15) is 12.0 Å². The Morgan fingerprint density at radius 1 is 1.42 bits per heavy atom. The minimum atomic E-state index is -4.46. The third kappa shape index (κ3) is 2.69. The van der Waals surface area contributed by atoms with Crippen molar-refractivity contribution < 1.29 is 18.0 Å². The number of nitrogens with zero attached hydrogens (tertiary/aromatic N) is 1. The Balaban J connectivity index is 2.33. The zero-order valence-corrected chi connectivity index (χ0v) is 10.4. The smallest absolute Gasteiger partial charge is 0.310 e. The van der Waals surface area contributed by atoms with E-state index in [0.717, 1.165) is 12.1 Å². The van der Waals surface area contributed by atoms with Crippen molar-refractivity contribution in [3.63, 3.8) is 0 Å². The predicted molar refractivity (Wildman–Crippen MR) is 65.7 cm³/mol. The van der Waals surface area contributed by atoms with Gasteiger partial charge in [-0.15, -0.1) is 12.3 Å². The normalized spacial score (nSPS) is 19.6. The molecule has 0 spiro atoms. The fourth-order valence-electron chi connectivity index (χ4n) is 1.95. The molecule has 19 heavy (non-hydrogen) atoms. The van der Waals surface area contributed by atoms with Crippen LogP contribution >= 0.6 is 11.6 Å². The SMILES string of the molecule is C#CC1CC(=O)N(c2ccc(C(F)(F)F)cc2Cl)C1. The number of hydrogen-bond acceptors (Lipinski definition) is 1. The van der Waals surface area contributed by atoms with Crippen LogP contribution in [0.4, 0.5) is 18.9 Å². The van der Waals surface area contributed by atoms with Gasteiger partial charge in [-0.05, 0) is 18.2 Å². The molecule has 1 unspecified atom stereocenters. The number of carbonyl (C=O) groups excluding carboxylic acids is 1. The standard InChI is InChI=1S/C13H9ClF3NO/c1-2-8-5-12(19)18(7-8)11-4-3-9(6-10(11)14)13(15,16)17/h1,3-4,6,8H,5,7H2. The van der Waals surface area contributed by atoms with Crippen LogP contribution in [0.5, 0.6) is 0 Å². The fraction of sp³-hybridized carbons (Fsp3) is 0.308. The van der Waals surface area contributed by atoms with Gasteiger partial charge in [0.1, 0.15) is 0 Å². The number of benzene rings is 1. The highest BCUT2D eigenvalue weighted by atomic mass is 35.5. The molecule has 6 heteroatoms. The van der Waals surface area contributed by atoms with Crippen molar-refractivity contribution in [2.75, 3.05) is 11.4 Å². The van der Waals surface area contributed by atoms with E-state index in [0.29, 0.717) is 0 Å². The summed E-state index contributed by atoms with van der Waals surface area (Å²) in [4.78, 5) is 13.1. The summed E-state index contributed by atoms with van der Waals surface area (Å²) in [5.74, 6) is 2.00. The molecule has 0 radical (unpaired) electrons. The lowest BCUT2D eigenvalue weighted by Gasteiger charge is -2.18. The molecule has 0 bridgehead atoms. The molecule has 1 heterocycles. The van der Waals surface area contributed by atoms with E-state index in [1.54, 1.807) is 0 Å². The first-order valence-electron chi connectivity index (χ1n) is 5.46. The maximum absolute atomic E-state index is 12.5. The van der Waals surface area contributed by atoms with Gasteiger partial charge in [0.15, 0.2) is 0 Å². The average molecular weight is 288 g/mol. The largest absolute Gasteiger partial charge is 0.416 e. The second-order valence-corrected chi connectivity index (χ2v) is 4.64. The molecule has 1 aromatic rings. The van der Waals surface area contributed by atoms with Crippen molar-refractivity contribution in [3.05, 3.63) is 28.8 Å². The molecule has 1 aliphatic rings. The highest BCUT2D eigenvalue weighted by Gasteiger charge is 2.34. The molecule has 2 rings (SSSR count). The number of halogens is 4. The van der Waals surface area contributed by atoms with Crippen molar-refractivity contribution in [1.82, 2.24) is 0 Å². The Hall–Kier alpha value is -1.67. The second kappa shape index (κ2) is 4.78. The molecule has 0 aromatic heterocycles. The van der Waals surface area contributed by atoms with Crippen LogP contribution in [0, 0.1) is 18.3 Å². The first-order chi connectivity index (χ1) is 8.82. The van der Waals surface area contributed by atoms with E-state index in [9.17, 15) is 18.0 Å². The summed E-state index contributed by atoms with van der Waals surface area (Å²) in [6, 6.07) is 2.91. The monoisotopic (exact) mass is 287 g/mol. The first-order valence-corrected chi connectivity index (χ1v) is 5.84. The van der Waals surface area contributed by atoms with Gasteiger partial charge in [0.2, 0.25) is 5.91 Å². The summed E-state index contributed by atoms with van der Waals surface area (Å²) in [7, 11) is 0. The van der Waals surface area contributed by atoms with Crippen molar-refractivity contribution in [2.45, 2.75) is 12.6 Å². The van der Waals surface area contributed by atoms with Crippen LogP contribution in [-0.2, 0) is 11.0 Å². The van der Waals surface area contributed by atoms with E-state index in [1.807, 2.05) is 0 Å². The molecule has 100 valence electrons. The van der Waals surface area contributed by atoms with Gasteiger partial charge >= 0.3 is 6.18 Å². The minimum Gasteiger partial charge on any atom is -0.310 e. The summed E-state index contributed by atoms with van der Waals surface area (Å²) in [6.45, 7) is 0.278. The summed E-state index contributed by atoms with van der Waals surface area (Å²) in [5.41, 5.74) is -0.584. The van der Waals surface area contributed by atoms with Crippen LogP contribution in [0.15, 0.2) is 18.2 Å². The van der Waals surface area contributed by atoms with E-state index in [1.165, 1.54) is 11.0 Å². The Morgan fingerprint density at radius 3 is 2.58 bits per heavy atom. The molecule has 2 nitrogen and oxygen atoms in total. The van der Waals surface area contributed by atoms with E-state index in [-0.39, 0.29) is 35.5 Å². The van der Waals surface area contributed by atoms with Gasteiger partial charge in [0.05, 0.1) is 16.3 Å². The van der Waals surface area contributed by atoms with Crippen molar-refractivity contribution >= 4 is 23.2 Å². The number of amides is 1. The van der Waals surface area contributed by atoms with Crippen LogP contribution in [0.2, 0.25) is 5.02 Å². The third-order valence-corrected chi connectivity index (χ3v) is 3.23. The maximum Gasteiger partial charge on any atom is 0.416 e. The Kier molecular flexibility index (Phi) is 3.46. The lowest BCUT2D eigenvalue weighted by molar-refractivity contribution is -0.137. The number of hydrogen-bond donors (Lipinski definition) is 0. The number of alkyl halides is 3. The average Bonchev–Trinajstić information content (AvgIpc) is 2.69. The van der Waals surface area contributed by atoms with Gasteiger partial charge < -0.3 is 4.90 Å². The molecular formula is C13H9ClF3NO. The minimum absolute atomic E-state index is 0.110. The molecule has 1 fully saturated rings. The topological polar surface area (TPSA) is 20.3 Å². The molecule has 0 saturated carbocycles. The van der Waals surface area contributed by atoms with Gasteiger partial charge in [0.25, 0.3) is 0 Å². The highest BCUT2D eigenvalue weighted by molar-refractivity contribution is 6.34. The van der Waals surface area contributed by atoms with Crippen molar-refractivity contribution in [1.29, 1.82) is 0 Å². The lowest BCUT2D eigenvalue weighted by Crippen LogP contribution is -2.24. The predicted octanol–water partition coefficient (Wildman–Crippen LogP) is 3.34. The first kappa shape index (κ1) is 13.8. The van der Waals surface area contributed by atoms with E-state index < -0.39 is 11.7 Å². The van der Waals surface area contributed by atoms with Crippen molar-refractivity contribution in [3.8, 4) is 12.3 Å². The molecule has 1 amide bonds. The quantitative estimate of drug-likeness (QED) is 0.726. The van der Waals surface area contributed by atoms with Crippen LogP contribution < -0.4 is 4.90 Å². The fourth-order valence-corrected chi connectivity index (χ4v) is 2.24. The van der Waals surface area contributed by atoms with E-state index >= 15 is 0 Å². The molecule has 1 aliphatic heterocycles. The third-order valence-electron chi connectivity index (χ3n) is 2.93. The van der Waals surface area contributed by atoms with Gasteiger partial charge in [-0.1, -0.05) is 11.6 Å². The van der Waals surface area contributed by atoms with Gasteiger partial charge in [-0.25, -0.2) is 0 Å². The van der Waals surface area contributed by atoms with E-state index in [4.69, 9.17) is 18.0 Å². The second-order valence-electron chi connectivity index (χ2n) is 4.24. The van der Waals surface area contributed by atoms with Gasteiger partial charge in [-0.3, -0.25) is 4.79 Å². The van der Waals surface area contributed by atoms with Crippen LogP contribution in [0.25, 0.3) is 0 Å². The summed E-state index contributed by atoms with van der Waals surface area (Å²) < 4.78 is 37.5. The zero-order chi connectivity index (χ0) is 14.2. The Bertz CT molecular complexity index is 562. The number of terminal acetylenes is 1. The van der Waals surface area contributed by atoms with Crippen LogP contribution in [0.3, 0.4) is 0 Å². The molecule has 0 aliphatic carbocycles. The maximum atomic E-state index is 12.5.